The molecule has 106 valence electrons. The van der Waals surface area contributed by atoms with E-state index in [1.165, 1.54) is 5.56 Å². The third-order valence-corrected chi connectivity index (χ3v) is 3.82. The van der Waals surface area contributed by atoms with Crippen molar-refractivity contribution in [3.63, 3.8) is 0 Å². The molecule has 1 aromatic heterocycles. The molecule has 0 fully saturated rings. The van der Waals surface area contributed by atoms with Gasteiger partial charge in [-0.2, -0.15) is 0 Å². The first-order valence-electron chi connectivity index (χ1n) is 6.43. The molecule has 0 radical (unpaired) electrons. The minimum absolute atomic E-state index is 0.483. The van der Waals surface area contributed by atoms with Crippen molar-refractivity contribution in [3.05, 3.63) is 46.8 Å². The Morgan fingerprint density at radius 2 is 1.85 bits per heavy atom. The maximum Gasteiger partial charge on any atom is 0.188 e. The minimum Gasteiger partial charge on any atom is -0.496 e. The molecule has 0 bridgehead atoms. The Hall–Kier alpha value is -1.59. The number of aryl methyl sites for hydroxylation is 2. The van der Waals surface area contributed by atoms with E-state index in [0.29, 0.717) is 6.54 Å². The molecule has 0 aliphatic carbocycles. The van der Waals surface area contributed by atoms with Crippen molar-refractivity contribution < 1.29 is 4.74 Å². The molecule has 4 nitrogen and oxygen atoms in total. The van der Waals surface area contributed by atoms with Crippen LogP contribution in [0.25, 0.3) is 0 Å². The molecule has 5 heteroatoms. The predicted octanol–water partition coefficient (Wildman–Crippen LogP) is 2.85. The summed E-state index contributed by atoms with van der Waals surface area (Å²) in [5.41, 5.74) is 9.85. The van der Waals surface area contributed by atoms with Gasteiger partial charge in [-0.25, -0.2) is 9.97 Å². The lowest BCUT2D eigenvalue weighted by Crippen LogP contribution is -2.00. The molecule has 0 spiro atoms. The van der Waals surface area contributed by atoms with Crippen LogP contribution >= 0.6 is 11.8 Å². The van der Waals surface area contributed by atoms with Crippen molar-refractivity contribution in [1.82, 2.24) is 9.97 Å². The number of thioether (sulfide) groups is 1. The highest BCUT2D eigenvalue weighted by Crippen LogP contribution is 2.25. The van der Waals surface area contributed by atoms with Crippen LogP contribution in [0, 0.1) is 13.8 Å². The van der Waals surface area contributed by atoms with Gasteiger partial charge in [0, 0.05) is 29.2 Å². The quantitative estimate of drug-likeness (QED) is 0.677. The summed E-state index contributed by atoms with van der Waals surface area (Å²) in [5, 5.41) is 0.810. The molecule has 2 N–H and O–H groups in total. The first-order valence-corrected chi connectivity index (χ1v) is 7.42. The minimum atomic E-state index is 0.483. The molecule has 0 amide bonds. The number of hydrogen-bond donors (Lipinski definition) is 1. The van der Waals surface area contributed by atoms with Gasteiger partial charge in [0.2, 0.25) is 0 Å². The van der Waals surface area contributed by atoms with Gasteiger partial charge in [-0.3, -0.25) is 0 Å². The van der Waals surface area contributed by atoms with Crippen LogP contribution in [-0.2, 0) is 12.3 Å². The highest BCUT2D eigenvalue weighted by Gasteiger charge is 2.05. The number of rotatable bonds is 5. The van der Waals surface area contributed by atoms with E-state index in [1.807, 2.05) is 32.0 Å². The lowest BCUT2D eigenvalue weighted by atomic mass is 10.1. The zero-order valence-electron chi connectivity index (χ0n) is 12.0. The van der Waals surface area contributed by atoms with E-state index in [0.717, 1.165) is 33.6 Å². The normalized spacial score (nSPS) is 10.6. The zero-order chi connectivity index (χ0) is 14.5. The summed E-state index contributed by atoms with van der Waals surface area (Å²) in [5.74, 6) is 1.65. The molecule has 0 unspecified atom stereocenters. The molecular formula is C15H19N3OS. The van der Waals surface area contributed by atoms with Gasteiger partial charge in [0.1, 0.15) is 5.75 Å². The molecule has 20 heavy (non-hydrogen) atoms. The van der Waals surface area contributed by atoms with E-state index < -0.39 is 0 Å². The summed E-state index contributed by atoms with van der Waals surface area (Å²) in [6.07, 6.45) is 0. The van der Waals surface area contributed by atoms with E-state index in [1.54, 1.807) is 18.9 Å². The van der Waals surface area contributed by atoms with Gasteiger partial charge in [-0.1, -0.05) is 23.9 Å². The van der Waals surface area contributed by atoms with Crippen molar-refractivity contribution in [2.24, 2.45) is 5.73 Å². The van der Waals surface area contributed by atoms with Gasteiger partial charge in [0.15, 0.2) is 5.16 Å². The second kappa shape index (κ2) is 6.72. The van der Waals surface area contributed by atoms with Gasteiger partial charge in [-0.05, 0) is 31.5 Å². The van der Waals surface area contributed by atoms with E-state index in [2.05, 4.69) is 16.0 Å². The Morgan fingerprint density at radius 3 is 2.45 bits per heavy atom. The van der Waals surface area contributed by atoms with Gasteiger partial charge in [-0.15, -0.1) is 0 Å². The summed E-state index contributed by atoms with van der Waals surface area (Å²) < 4.78 is 5.35. The van der Waals surface area contributed by atoms with Crippen LogP contribution in [0.1, 0.15) is 22.5 Å². The van der Waals surface area contributed by atoms with E-state index in [9.17, 15) is 0 Å². The Bertz CT molecular complexity index is 581. The van der Waals surface area contributed by atoms with E-state index in [-0.39, 0.29) is 0 Å². The number of benzene rings is 1. The van der Waals surface area contributed by atoms with Gasteiger partial charge >= 0.3 is 0 Å². The van der Waals surface area contributed by atoms with Crippen LogP contribution in [0.5, 0.6) is 5.75 Å². The van der Waals surface area contributed by atoms with Crippen molar-refractivity contribution in [2.45, 2.75) is 31.3 Å². The Balaban J connectivity index is 2.10. The number of ether oxygens (including phenoxy) is 1. The van der Waals surface area contributed by atoms with E-state index in [4.69, 9.17) is 10.5 Å². The number of nitrogens with zero attached hydrogens (tertiary/aromatic N) is 2. The number of nitrogens with two attached hydrogens (primary N) is 1. The molecule has 0 saturated heterocycles. The second-order valence-electron chi connectivity index (χ2n) is 4.57. The average molecular weight is 289 g/mol. The van der Waals surface area contributed by atoms with Crippen molar-refractivity contribution >= 4 is 11.8 Å². The predicted molar refractivity (Wildman–Crippen MR) is 82.0 cm³/mol. The molecule has 0 aliphatic heterocycles. The van der Waals surface area contributed by atoms with Crippen LogP contribution in [-0.4, -0.2) is 17.1 Å². The summed E-state index contributed by atoms with van der Waals surface area (Å²) >= 11 is 1.63. The molecular weight excluding hydrogens is 270 g/mol. The second-order valence-corrected chi connectivity index (χ2v) is 5.51. The lowest BCUT2D eigenvalue weighted by Gasteiger charge is -2.09. The first kappa shape index (κ1) is 14.8. The lowest BCUT2D eigenvalue weighted by molar-refractivity contribution is 0.409. The number of hydrogen-bond acceptors (Lipinski definition) is 5. The Morgan fingerprint density at radius 1 is 1.15 bits per heavy atom. The standard InChI is InChI=1S/C15H19N3OS/c1-10-6-11(2)18-15(17-10)20-9-12-4-5-13(8-16)14(7-12)19-3/h4-7H,8-9,16H2,1-3H3. The topological polar surface area (TPSA) is 61.0 Å². The number of aromatic nitrogens is 2. The van der Waals surface area contributed by atoms with Crippen LogP contribution in [0.4, 0.5) is 0 Å². The highest BCUT2D eigenvalue weighted by molar-refractivity contribution is 7.98. The smallest absolute Gasteiger partial charge is 0.188 e. The molecule has 1 aromatic carbocycles. The van der Waals surface area contributed by atoms with Crippen LogP contribution in [0.3, 0.4) is 0 Å². The first-order chi connectivity index (χ1) is 9.62. The van der Waals surface area contributed by atoms with Gasteiger partial charge in [0.25, 0.3) is 0 Å². The van der Waals surface area contributed by atoms with Crippen LogP contribution in [0.2, 0.25) is 0 Å². The highest BCUT2D eigenvalue weighted by atomic mass is 32.2. The third-order valence-electron chi connectivity index (χ3n) is 2.90. The van der Waals surface area contributed by atoms with Crippen molar-refractivity contribution in [3.8, 4) is 5.75 Å². The maximum absolute atomic E-state index is 5.67. The van der Waals surface area contributed by atoms with E-state index >= 15 is 0 Å². The van der Waals surface area contributed by atoms with Gasteiger partial charge < -0.3 is 10.5 Å². The summed E-state index contributed by atoms with van der Waals surface area (Å²) in [4.78, 5) is 8.85. The van der Waals surface area contributed by atoms with Crippen LogP contribution < -0.4 is 10.5 Å². The van der Waals surface area contributed by atoms with Gasteiger partial charge in [0.05, 0.1) is 7.11 Å². The zero-order valence-corrected chi connectivity index (χ0v) is 12.8. The molecule has 0 aliphatic rings. The molecule has 0 atom stereocenters. The fraction of sp³-hybridized carbons (Fsp3) is 0.333. The maximum atomic E-state index is 5.67. The van der Waals surface area contributed by atoms with Crippen LogP contribution in [0.15, 0.2) is 29.4 Å². The fourth-order valence-electron chi connectivity index (χ4n) is 1.95. The average Bonchev–Trinajstić information content (AvgIpc) is 2.43. The number of methoxy groups -OCH3 is 1. The van der Waals surface area contributed by atoms with Crippen molar-refractivity contribution in [1.29, 1.82) is 0 Å². The SMILES string of the molecule is COc1cc(CSc2nc(C)cc(C)n2)ccc1CN. The summed E-state index contributed by atoms with van der Waals surface area (Å²) in [6, 6.07) is 8.08. The third kappa shape index (κ3) is 3.71. The van der Waals surface area contributed by atoms with Crippen molar-refractivity contribution in [2.75, 3.05) is 7.11 Å². The summed E-state index contributed by atoms with van der Waals surface area (Å²) in [6.45, 7) is 4.45. The molecule has 1 heterocycles. The molecule has 2 aromatic rings. The Kier molecular flexibility index (Phi) is 4.98. The monoisotopic (exact) mass is 289 g/mol. The Labute approximate surface area is 123 Å². The fourth-order valence-corrected chi connectivity index (χ4v) is 2.85. The molecule has 0 saturated carbocycles. The summed E-state index contributed by atoms with van der Waals surface area (Å²) in [7, 11) is 1.67. The molecule has 2 rings (SSSR count). The largest absolute Gasteiger partial charge is 0.496 e.